The molecule has 0 aliphatic carbocycles. The molecule has 0 radical (unpaired) electrons. The molecule has 0 bridgehead atoms. The van der Waals surface area contributed by atoms with Gasteiger partial charge in [0.15, 0.2) is 0 Å². The summed E-state index contributed by atoms with van der Waals surface area (Å²) in [5.74, 6) is 0.790. The second kappa shape index (κ2) is 4.25. The van der Waals surface area contributed by atoms with Crippen LogP contribution in [0.25, 0.3) is 10.9 Å². The fourth-order valence-corrected chi connectivity index (χ4v) is 2.16. The highest BCUT2D eigenvalue weighted by Crippen LogP contribution is 2.29. The number of para-hydroxylation sites is 1. The van der Waals surface area contributed by atoms with Crippen molar-refractivity contribution in [2.45, 2.75) is 18.9 Å². The molecule has 1 fully saturated rings. The normalized spacial score (nSPS) is 17.4. The molecule has 1 aromatic heterocycles. The molecule has 2 aromatic rings. The summed E-state index contributed by atoms with van der Waals surface area (Å²) in [7, 11) is 0. The van der Waals surface area contributed by atoms with E-state index in [9.17, 15) is 5.11 Å². The summed E-state index contributed by atoms with van der Waals surface area (Å²) in [5, 5.41) is 20.7. The highest BCUT2D eigenvalue weighted by molar-refractivity contribution is 5.88. The van der Waals surface area contributed by atoms with Crippen LogP contribution >= 0.6 is 0 Å². The fourth-order valence-electron chi connectivity index (χ4n) is 2.16. The average molecular weight is 233 g/mol. The second-order valence-electron chi connectivity index (χ2n) is 4.30. The molecular weight excluding hydrogens is 218 g/mol. The number of benzene rings is 1. The van der Waals surface area contributed by atoms with E-state index in [-0.39, 0.29) is 11.9 Å². The lowest BCUT2D eigenvalue weighted by atomic mass is 10.1. The third-order valence-electron chi connectivity index (χ3n) is 3.11. The number of aromatic amines is 1. The number of ether oxygens (including phenoxy) is 1. The summed E-state index contributed by atoms with van der Waals surface area (Å²) in [5.41, 5.74) is 0.636. The Morgan fingerprint density at radius 1 is 1.29 bits per heavy atom. The molecule has 1 aliphatic heterocycles. The molecule has 0 amide bonds. The lowest BCUT2D eigenvalue weighted by Crippen LogP contribution is -2.34. The van der Waals surface area contributed by atoms with Crippen LogP contribution in [0.5, 0.6) is 11.6 Å². The van der Waals surface area contributed by atoms with Gasteiger partial charge in [-0.3, -0.25) is 5.10 Å². The van der Waals surface area contributed by atoms with E-state index < -0.39 is 0 Å². The van der Waals surface area contributed by atoms with Crippen LogP contribution in [0.4, 0.5) is 0 Å². The molecule has 5 heteroatoms. The van der Waals surface area contributed by atoms with Crippen molar-refractivity contribution in [2.75, 3.05) is 13.1 Å². The zero-order valence-electron chi connectivity index (χ0n) is 9.44. The number of nitrogens with zero attached hydrogens (tertiary/aromatic N) is 1. The van der Waals surface area contributed by atoms with Crippen LogP contribution in [0.2, 0.25) is 0 Å². The van der Waals surface area contributed by atoms with E-state index in [2.05, 4.69) is 15.5 Å². The van der Waals surface area contributed by atoms with Crippen molar-refractivity contribution in [1.29, 1.82) is 0 Å². The quantitative estimate of drug-likeness (QED) is 0.733. The van der Waals surface area contributed by atoms with Gasteiger partial charge in [-0.05, 0) is 38.1 Å². The van der Waals surface area contributed by atoms with Crippen molar-refractivity contribution in [3.8, 4) is 11.6 Å². The molecule has 0 atom stereocenters. The number of H-pyrrole nitrogens is 1. The van der Waals surface area contributed by atoms with E-state index in [4.69, 9.17) is 4.74 Å². The first-order chi connectivity index (χ1) is 8.34. The number of hydrogen-bond donors (Lipinski definition) is 3. The van der Waals surface area contributed by atoms with Crippen LogP contribution < -0.4 is 10.1 Å². The largest absolute Gasteiger partial charge is 0.506 e. The number of phenolic OH excluding ortho intramolecular Hbond substituents is 1. The van der Waals surface area contributed by atoms with Gasteiger partial charge in [-0.15, -0.1) is 5.10 Å². The van der Waals surface area contributed by atoms with Gasteiger partial charge in [-0.1, -0.05) is 6.07 Å². The van der Waals surface area contributed by atoms with Crippen LogP contribution in [-0.2, 0) is 0 Å². The van der Waals surface area contributed by atoms with Crippen LogP contribution in [-0.4, -0.2) is 34.5 Å². The molecule has 1 saturated heterocycles. The Labute approximate surface area is 98.8 Å². The Kier molecular flexibility index (Phi) is 2.60. The number of piperidine rings is 1. The number of phenols is 1. The number of rotatable bonds is 2. The first-order valence-electron chi connectivity index (χ1n) is 5.88. The fraction of sp³-hybridized carbons (Fsp3) is 0.417. The van der Waals surface area contributed by atoms with E-state index >= 15 is 0 Å². The lowest BCUT2D eigenvalue weighted by molar-refractivity contribution is 0.158. The minimum Gasteiger partial charge on any atom is -0.506 e. The molecule has 3 N–H and O–H groups in total. The minimum atomic E-state index is 0.204. The topological polar surface area (TPSA) is 70.2 Å². The third-order valence-corrected chi connectivity index (χ3v) is 3.11. The zero-order valence-corrected chi connectivity index (χ0v) is 9.44. The van der Waals surface area contributed by atoms with Gasteiger partial charge in [0.2, 0.25) is 5.88 Å². The van der Waals surface area contributed by atoms with E-state index in [0.717, 1.165) is 31.3 Å². The van der Waals surface area contributed by atoms with Gasteiger partial charge in [0.05, 0.1) is 5.39 Å². The molecule has 2 heterocycles. The molecule has 17 heavy (non-hydrogen) atoms. The Morgan fingerprint density at radius 3 is 2.94 bits per heavy atom. The summed E-state index contributed by atoms with van der Waals surface area (Å²) < 4.78 is 5.87. The van der Waals surface area contributed by atoms with Crippen LogP contribution in [0, 0.1) is 0 Å². The molecular formula is C12H15N3O2. The average Bonchev–Trinajstić information content (AvgIpc) is 2.76. The molecule has 0 unspecified atom stereocenters. The molecule has 90 valence electrons. The van der Waals surface area contributed by atoms with Crippen LogP contribution in [0.15, 0.2) is 18.2 Å². The zero-order chi connectivity index (χ0) is 11.7. The van der Waals surface area contributed by atoms with Crippen molar-refractivity contribution in [1.82, 2.24) is 15.5 Å². The van der Waals surface area contributed by atoms with Crippen molar-refractivity contribution in [2.24, 2.45) is 0 Å². The van der Waals surface area contributed by atoms with Gasteiger partial charge in [0, 0.05) is 0 Å². The smallest absolute Gasteiger partial charge is 0.240 e. The molecule has 0 saturated carbocycles. The summed E-state index contributed by atoms with van der Waals surface area (Å²) >= 11 is 0. The Hall–Kier alpha value is -1.75. The van der Waals surface area contributed by atoms with Crippen LogP contribution in [0.3, 0.4) is 0 Å². The van der Waals surface area contributed by atoms with Gasteiger partial charge in [-0.25, -0.2) is 0 Å². The number of hydrogen-bond acceptors (Lipinski definition) is 4. The van der Waals surface area contributed by atoms with E-state index in [1.54, 1.807) is 12.1 Å². The maximum Gasteiger partial charge on any atom is 0.240 e. The minimum absolute atomic E-state index is 0.204. The van der Waals surface area contributed by atoms with Gasteiger partial charge in [0.25, 0.3) is 0 Å². The van der Waals surface area contributed by atoms with Crippen molar-refractivity contribution in [3.63, 3.8) is 0 Å². The van der Waals surface area contributed by atoms with Gasteiger partial charge < -0.3 is 15.2 Å². The summed E-state index contributed by atoms with van der Waals surface area (Å²) in [4.78, 5) is 0. The SMILES string of the molecule is Oc1cccc2c(OC3CCNCC3)n[nH]c12. The third kappa shape index (κ3) is 1.93. The number of nitrogens with one attached hydrogen (secondary N) is 2. The van der Waals surface area contributed by atoms with Crippen molar-refractivity contribution >= 4 is 10.9 Å². The maximum atomic E-state index is 9.65. The van der Waals surface area contributed by atoms with E-state index in [1.165, 1.54) is 0 Å². The molecule has 5 nitrogen and oxygen atoms in total. The second-order valence-corrected chi connectivity index (χ2v) is 4.30. The summed E-state index contributed by atoms with van der Waals surface area (Å²) in [6, 6.07) is 5.33. The molecule has 3 rings (SSSR count). The molecule has 1 aliphatic rings. The standard InChI is InChI=1S/C12H15N3O2/c16-10-3-1-2-9-11(10)14-15-12(9)17-8-4-6-13-7-5-8/h1-3,8,13,16H,4-7H2,(H,14,15). The molecule has 0 spiro atoms. The maximum absolute atomic E-state index is 9.65. The van der Waals surface area contributed by atoms with E-state index in [1.807, 2.05) is 6.07 Å². The van der Waals surface area contributed by atoms with Gasteiger partial charge >= 0.3 is 0 Å². The monoisotopic (exact) mass is 233 g/mol. The highest BCUT2D eigenvalue weighted by atomic mass is 16.5. The number of aromatic nitrogens is 2. The molecule has 1 aromatic carbocycles. The van der Waals surface area contributed by atoms with E-state index in [0.29, 0.717) is 11.4 Å². The van der Waals surface area contributed by atoms with Crippen LogP contribution in [0.1, 0.15) is 12.8 Å². The lowest BCUT2D eigenvalue weighted by Gasteiger charge is -2.22. The Bertz CT molecular complexity index is 517. The summed E-state index contributed by atoms with van der Waals surface area (Å²) in [6.45, 7) is 1.97. The Morgan fingerprint density at radius 2 is 2.12 bits per heavy atom. The first kappa shape index (κ1) is 10.4. The van der Waals surface area contributed by atoms with Gasteiger partial charge in [0.1, 0.15) is 17.4 Å². The summed E-state index contributed by atoms with van der Waals surface area (Å²) in [6.07, 6.45) is 2.20. The van der Waals surface area contributed by atoms with Crippen molar-refractivity contribution < 1.29 is 9.84 Å². The van der Waals surface area contributed by atoms with Crippen molar-refractivity contribution in [3.05, 3.63) is 18.2 Å². The Balaban J connectivity index is 1.87. The first-order valence-corrected chi connectivity index (χ1v) is 5.88. The number of fused-ring (bicyclic) bond motifs is 1. The van der Waals surface area contributed by atoms with Gasteiger partial charge in [-0.2, -0.15) is 0 Å². The highest BCUT2D eigenvalue weighted by Gasteiger charge is 2.17. The predicted octanol–water partition coefficient (Wildman–Crippen LogP) is 1.40. The number of aromatic hydroxyl groups is 1. The predicted molar refractivity (Wildman–Crippen MR) is 64.3 cm³/mol.